The van der Waals surface area contributed by atoms with Crippen LogP contribution in [0.25, 0.3) is 0 Å². The van der Waals surface area contributed by atoms with Gasteiger partial charge >= 0.3 is 0 Å². The van der Waals surface area contributed by atoms with Gasteiger partial charge in [-0.25, -0.2) is 8.42 Å². The molecule has 0 aromatic heterocycles. The first-order chi connectivity index (χ1) is 7.43. The van der Waals surface area contributed by atoms with Crippen molar-refractivity contribution in [2.24, 2.45) is 0 Å². The molecule has 0 saturated heterocycles. The molecule has 1 unspecified atom stereocenters. The number of aryl methyl sites for hydroxylation is 1. The van der Waals surface area contributed by atoms with Gasteiger partial charge < -0.3 is 0 Å². The van der Waals surface area contributed by atoms with Crippen molar-refractivity contribution in [2.45, 2.75) is 30.4 Å². The summed E-state index contributed by atoms with van der Waals surface area (Å²) in [5.74, 6) is 0. The number of halogens is 1. The highest BCUT2D eigenvalue weighted by Crippen LogP contribution is 2.23. The van der Waals surface area contributed by atoms with Crippen LogP contribution in [0.4, 0.5) is 0 Å². The maximum absolute atomic E-state index is 12.0. The molecule has 0 bridgehead atoms. The number of sulfone groups is 1. The quantitative estimate of drug-likeness (QED) is 0.837. The summed E-state index contributed by atoms with van der Waals surface area (Å²) in [5.41, 5.74) is 0.690. The monoisotopic (exact) mass is 257 g/mol. The molecule has 0 heterocycles. The summed E-state index contributed by atoms with van der Waals surface area (Å²) in [6, 6.07) is 6.27. The first-order valence-corrected chi connectivity index (χ1v) is 6.75. The van der Waals surface area contributed by atoms with Crippen molar-refractivity contribution in [1.29, 1.82) is 5.26 Å². The predicted octanol–water partition coefficient (Wildman–Crippen LogP) is 2.72. The number of nitriles is 1. The van der Waals surface area contributed by atoms with Gasteiger partial charge in [-0.2, -0.15) is 5.26 Å². The normalized spacial score (nSPS) is 13.1. The van der Waals surface area contributed by atoms with E-state index in [1.165, 1.54) is 18.2 Å². The molecule has 0 aliphatic rings. The first kappa shape index (κ1) is 13.0. The molecule has 1 rings (SSSR count). The maximum atomic E-state index is 12.0. The summed E-state index contributed by atoms with van der Waals surface area (Å²) in [7, 11) is -3.56. The van der Waals surface area contributed by atoms with Gasteiger partial charge in [0.1, 0.15) is 0 Å². The van der Waals surface area contributed by atoms with E-state index >= 15 is 0 Å². The molecule has 0 N–H and O–H groups in total. The molecule has 3 nitrogen and oxygen atoms in total. The summed E-state index contributed by atoms with van der Waals surface area (Å²) < 4.78 is 24.0. The van der Waals surface area contributed by atoms with Gasteiger partial charge in [0.05, 0.1) is 11.0 Å². The largest absolute Gasteiger partial charge is 0.222 e. The van der Waals surface area contributed by atoms with Crippen molar-refractivity contribution < 1.29 is 8.42 Å². The summed E-state index contributed by atoms with van der Waals surface area (Å²) in [4.78, 5) is 0.155. The third kappa shape index (κ3) is 2.37. The SMILES string of the molecule is CCC(C#N)S(=O)(=O)c1ccc(Cl)c(C)c1. The summed E-state index contributed by atoms with van der Waals surface area (Å²) in [6.07, 6.45) is 0.278. The Morgan fingerprint density at radius 3 is 2.56 bits per heavy atom. The molecule has 86 valence electrons. The fraction of sp³-hybridized carbons (Fsp3) is 0.364. The Morgan fingerprint density at radius 2 is 2.12 bits per heavy atom. The van der Waals surface area contributed by atoms with E-state index in [4.69, 9.17) is 16.9 Å². The molecule has 0 spiro atoms. The molecule has 1 aromatic carbocycles. The Morgan fingerprint density at radius 1 is 1.50 bits per heavy atom. The minimum absolute atomic E-state index is 0.155. The second-order valence-corrected chi connectivity index (χ2v) is 6.02. The van der Waals surface area contributed by atoms with Crippen LogP contribution in [-0.4, -0.2) is 13.7 Å². The molecule has 16 heavy (non-hydrogen) atoms. The van der Waals surface area contributed by atoms with E-state index in [9.17, 15) is 8.42 Å². The lowest BCUT2D eigenvalue weighted by Crippen LogP contribution is -2.18. The van der Waals surface area contributed by atoms with Crippen molar-refractivity contribution in [1.82, 2.24) is 0 Å². The fourth-order valence-corrected chi connectivity index (χ4v) is 2.96. The van der Waals surface area contributed by atoms with Gasteiger partial charge in [0.2, 0.25) is 0 Å². The Kier molecular flexibility index (Phi) is 3.95. The second-order valence-electron chi connectivity index (χ2n) is 3.48. The van der Waals surface area contributed by atoms with Crippen molar-refractivity contribution in [3.05, 3.63) is 28.8 Å². The van der Waals surface area contributed by atoms with Gasteiger partial charge in [-0.15, -0.1) is 0 Å². The topological polar surface area (TPSA) is 57.9 Å². The van der Waals surface area contributed by atoms with Crippen LogP contribution in [0.3, 0.4) is 0 Å². The van der Waals surface area contributed by atoms with Gasteiger partial charge in [-0.1, -0.05) is 18.5 Å². The van der Waals surface area contributed by atoms with Gasteiger partial charge in [0.15, 0.2) is 15.1 Å². The Bertz CT molecular complexity index is 531. The van der Waals surface area contributed by atoms with E-state index in [1.54, 1.807) is 19.9 Å². The molecule has 0 saturated carbocycles. The van der Waals surface area contributed by atoms with Crippen molar-refractivity contribution >= 4 is 21.4 Å². The molecule has 0 radical (unpaired) electrons. The standard InChI is InChI=1S/C11H12ClNO2S/c1-3-9(7-13)16(14,15)10-4-5-11(12)8(2)6-10/h4-6,9H,3H2,1-2H3. The van der Waals surface area contributed by atoms with Crippen molar-refractivity contribution in [3.8, 4) is 6.07 Å². The Labute approximate surface area is 101 Å². The van der Waals surface area contributed by atoms with Crippen LogP contribution in [0.15, 0.2) is 23.1 Å². The van der Waals surface area contributed by atoms with Gasteiger partial charge in [0.25, 0.3) is 0 Å². The second kappa shape index (κ2) is 4.86. The highest BCUT2D eigenvalue weighted by atomic mass is 35.5. The molecular formula is C11H12ClNO2S. The highest BCUT2D eigenvalue weighted by Gasteiger charge is 2.25. The van der Waals surface area contributed by atoms with Gasteiger partial charge in [-0.3, -0.25) is 0 Å². The summed E-state index contributed by atoms with van der Waals surface area (Å²) in [5, 5.41) is 8.32. The van der Waals surface area contributed by atoms with Crippen LogP contribution >= 0.6 is 11.6 Å². The average Bonchev–Trinajstić information content (AvgIpc) is 2.23. The zero-order chi connectivity index (χ0) is 12.3. The van der Waals surface area contributed by atoms with Crippen LogP contribution in [0.1, 0.15) is 18.9 Å². The minimum Gasteiger partial charge on any atom is -0.222 e. The van der Waals surface area contributed by atoms with Crippen LogP contribution in [0, 0.1) is 18.3 Å². The molecular weight excluding hydrogens is 246 g/mol. The van der Waals surface area contributed by atoms with Gasteiger partial charge in [-0.05, 0) is 37.1 Å². The molecule has 0 aliphatic heterocycles. The van der Waals surface area contributed by atoms with Crippen LogP contribution in [0.2, 0.25) is 5.02 Å². The van der Waals surface area contributed by atoms with Crippen LogP contribution in [0.5, 0.6) is 0 Å². The third-order valence-electron chi connectivity index (χ3n) is 2.35. The lowest BCUT2D eigenvalue weighted by atomic mass is 10.2. The van der Waals surface area contributed by atoms with Gasteiger partial charge in [0, 0.05) is 5.02 Å². The predicted molar refractivity (Wildman–Crippen MR) is 63.1 cm³/mol. The van der Waals surface area contributed by atoms with Crippen molar-refractivity contribution in [3.63, 3.8) is 0 Å². The molecule has 0 amide bonds. The molecule has 0 fully saturated rings. The smallest absolute Gasteiger partial charge is 0.194 e. The number of benzene rings is 1. The van der Waals surface area contributed by atoms with Crippen molar-refractivity contribution in [2.75, 3.05) is 0 Å². The number of rotatable bonds is 3. The van der Waals surface area contributed by atoms with E-state index in [-0.39, 0.29) is 11.3 Å². The lowest BCUT2D eigenvalue weighted by Gasteiger charge is -2.09. The lowest BCUT2D eigenvalue weighted by molar-refractivity contribution is 0.587. The number of nitrogens with zero attached hydrogens (tertiary/aromatic N) is 1. The summed E-state index contributed by atoms with van der Waals surface area (Å²) in [6.45, 7) is 3.41. The molecule has 1 aromatic rings. The fourth-order valence-electron chi connectivity index (χ4n) is 1.34. The number of hydrogen-bond donors (Lipinski definition) is 0. The molecule has 5 heteroatoms. The minimum atomic E-state index is -3.56. The third-order valence-corrected chi connectivity index (χ3v) is 4.87. The van der Waals surface area contributed by atoms with E-state index in [0.29, 0.717) is 10.6 Å². The Hall–Kier alpha value is -1.05. The van der Waals surface area contributed by atoms with E-state index < -0.39 is 15.1 Å². The number of hydrogen-bond acceptors (Lipinski definition) is 3. The maximum Gasteiger partial charge on any atom is 0.194 e. The Balaban J connectivity index is 3.29. The molecule has 0 aliphatic carbocycles. The zero-order valence-corrected chi connectivity index (χ0v) is 10.6. The van der Waals surface area contributed by atoms with E-state index in [0.717, 1.165) is 0 Å². The van der Waals surface area contributed by atoms with E-state index in [2.05, 4.69) is 0 Å². The highest BCUT2D eigenvalue weighted by molar-refractivity contribution is 7.92. The van der Waals surface area contributed by atoms with Crippen LogP contribution < -0.4 is 0 Å². The van der Waals surface area contributed by atoms with Crippen LogP contribution in [-0.2, 0) is 9.84 Å². The molecule has 1 atom stereocenters. The average molecular weight is 258 g/mol. The zero-order valence-electron chi connectivity index (χ0n) is 9.07. The summed E-state index contributed by atoms with van der Waals surface area (Å²) >= 11 is 5.82. The first-order valence-electron chi connectivity index (χ1n) is 4.83. The van der Waals surface area contributed by atoms with E-state index in [1.807, 2.05) is 0 Å².